The van der Waals surface area contributed by atoms with Gasteiger partial charge in [0.1, 0.15) is 0 Å². The third-order valence-corrected chi connectivity index (χ3v) is 4.01. The number of carbonyl (C=O) groups excluding carboxylic acids is 1. The Labute approximate surface area is 151 Å². The van der Waals surface area contributed by atoms with E-state index in [9.17, 15) is 4.79 Å². The van der Waals surface area contributed by atoms with Crippen molar-refractivity contribution < 1.29 is 19.3 Å². The Balaban J connectivity index is 1.53. The minimum absolute atomic E-state index is 0.143. The summed E-state index contributed by atoms with van der Waals surface area (Å²) in [5, 5.41) is 2.88. The van der Waals surface area contributed by atoms with Gasteiger partial charge in [0, 0.05) is 12.6 Å². The van der Waals surface area contributed by atoms with Crippen molar-refractivity contribution in [3.05, 3.63) is 59.9 Å². The van der Waals surface area contributed by atoms with E-state index in [1.54, 1.807) is 20.3 Å². The third-order valence-electron chi connectivity index (χ3n) is 4.01. The average molecular weight is 352 g/mol. The molecule has 0 aliphatic rings. The fourth-order valence-electron chi connectivity index (χ4n) is 2.68. The lowest BCUT2D eigenvalue weighted by Crippen LogP contribution is -2.25. The second-order valence-electron chi connectivity index (χ2n) is 5.76. The molecule has 2 aromatic carbocycles. The lowest BCUT2D eigenvalue weighted by atomic mass is 10.2. The van der Waals surface area contributed by atoms with Crippen LogP contribution in [0, 0.1) is 0 Å². The molecule has 6 nitrogen and oxygen atoms in total. The van der Waals surface area contributed by atoms with E-state index in [4.69, 9.17) is 9.47 Å². The number of hydrogen-bond donors (Lipinski definition) is 2. The summed E-state index contributed by atoms with van der Waals surface area (Å²) >= 11 is 0. The molecule has 0 spiro atoms. The quantitative estimate of drug-likeness (QED) is 0.641. The number of methoxy groups -OCH3 is 2. The summed E-state index contributed by atoms with van der Waals surface area (Å²) in [6.07, 6.45) is 3.95. The Morgan fingerprint density at radius 2 is 1.96 bits per heavy atom. The summed E-state index contributed by atoms with van der Waals surface area (Å²) in [7, 11) is 3.17. The number of para-hydroxylation sites is 2. The molecular weight excluding hydrogens is 330 g/mol. The summed E-state index contributed by atoms with van der Waals surface area (Å²) < 4.78 is 10.5. The van der Waals surface area contributed by atoms with Crippen molar-refractivity contribution in [2.24, 2.45) is 0 Å². The van der Waals surface area contributed by atoms with Gasteiger partial charge in [-0.3, -0.25) is 4.79 Å². The highest BCUT2D eigenvalue weighted by atomic mass is 16.5. The largest absolute Gasteiger partial charge is 0.493 e. The predicted octanol–water partition coefficient (Wildman–Crippen LogP) is 2.37. The van der Waals surface area contributed by atoms with E-state index in [1.165, 1.54) is 6.08 Å². The molecule has 3 aromatic rings. The van der Waals surface area contributed by atoms with E-state index < -0.39 is 0 Å². The first kappa shape index (κ1) is 17.5. The van der Waals surface area contributed by atoms with Crippen LogP contribution in [0.15, 0.2) is 48.5 Å². The lowest BCUT2D eigenvalue weighted by Gasteiger charge is -2.07. The van der Waals surface area contributed by atoms with Gasteiger partial charge in [-0.25, -0.2) is 9.97 Å². The summed E-state index contributed by atoms with van der Waals surface area (Å²) in [4.78, 5) is 18.6. The van der Waals surface area contributed by atoms with Gasteiger partial charge in [-0.2, -0.15) is 0 Å². The number of benzene rings is 2. The molecule has 0 fully saturated rings. The number of aromatic nitrogens is 2. The highest BCUT2D eigenvalue weighted by Crippen LogP contribution is 2.27. The molecular formula is C20H22N3O3+. The molecule has 0 saturated heterocycles. The third kappa shape index (κ3) is 4.22. The van der Waals surface area contributed by atoms with E-state index in [0.717, 1.165) is 22.4 Å². The molecule has 0 radical (unpaired) electrons. The molecule has 3 N–H and O–H groups in total. The molecule has 134 valence electrons. The molecule has 26 heavy (non-hydrogen) atoms. The average Bonchev–Trinajstić information content (AvgIpc) is 3.08. The van der Waals surface area contributed by atoms with Gasteiger partial charge in [-0.15, -0.1) is 0 Å². The summed E-state index contributed by atoms with van der Waals surface area (Å²) in [6.45, 7) is 0.540. The minimum atomic E-state index is -0.143. The standard InChI is InChI=1S/C20H21N3O3/c1-25-17-9-7-14(13-18(17)26-2)8-10-20(24)21-12-11-19-22-15-5-3-4-6-16(15)23-19/h3-10,13H,11-12H2,1-2H3,(H,21,24)(H,22,23)/p+1. The van der Waals surface area contributed by atoms with Crippen LogP contribution in [0.3, 0.4) is 0 Å². The predicted molar refractivity (Wildman–Crippen MR) is 100 cm³/mol. The number of imidazole rings is 1. The smallest absolute Gasteiger partial charge is 0.254 e. The van der Waals surface area contributed by atoms with Gasteiger partial charge in [0.2, 0.25) is 5.91 Å². The Morgan fingerprint density at radius 1 is 1.15 bits per heavy atom. The first-order chi connectivity index (χ1) is 12.7. The highest BCUT2D eigenvalue weighted by Gasteiger charge is 2.09. The fourth-order valence-corrected chi connectivity index (χ4v) is 2.68. The number of carbonyl (C=O) groups is 1. The molecule has 0 unspecified atom stereocenters. The van der Waals surface area contributed by atoms with Crippen molar-refractivity contribution in [2.45, 2.75) is 6.42 Å². The Kier molecular flexibility index (Phi) is 5.53. The molecule has 0 aliphatic heterocycles. The van der Waals surface area contributed by atoms with E-state index in [2.05, 4.69) is 15.3 Å². The van der Waals surface area contributed by atoms with Gasteiger partial charge >= 0.3 is 0 Å². The van der Waals surface area contributed by atoms with Crippen LogP contribution in [0.5, 0.6) is 11.5 Å². The fraction of sp³-hybridized carbons (Fsp3) is 0.200. The molecule has 6 heteroatoms. The SMILES string of the molecule is COc1ccc(C=CC(=O)NCCc2[nH]c3ccccc3[nH+]2)cc1OC. The Morgan fingerprint density at radius 3 is 2.73 bits per heavy atom. The molecule has 0 atom stereocenters. The van der Waals surface area contributed by atoms with Gasteiger partial charge in [-0.1, -0.05) is 18.2 Å². The highest BCUT2D eigenvalue weighted by molar-refractivity contribution is 5.91. The van der Waals surface area contributed by atoms with E-state index >= 15 is 0 Å². The number of nitrogens with one attached hydrogen (secondary N) is 3. The van der Waals surface area contributed by atoms with Crippen molar-refractivity contribution in [1.29, 1.82) is 0 Å². The molecule has 0 aliphatic carbocycles. The zero-order valence-electron chi connectivity index (χ0n) is 14.8. The number of hydrogen-bond acceptors (Lipinski definition) is 3. The summed E-state index contributed by atoms with van der Waals surface area (Å²) in [5.74, 6) is 2.12. The number of ether oxygens (including phenoxy) is 2. The number of rotatable bonds is 7. The second-order valence-corrected chi connectivity index (χ2v) is 5.76. The maximum Gasteiger partial charge on any atom is 0.254 e. The van der Waals surface area contributed by atoms with Crippen molar-refractivity contribution >= 4 is 23.0 Å². The molecule has 0 bridgehead atoms. The van der Waals surface area contributed by atoms with E-state index in [1.807, 2.05) is 42.5 Å². The topological polar surface area (TPSA) is 77.5 Å². The Hall–Kier alpha value is -3.28. The zero-order chi connectivity index (χ0) is 18.4. The van der Waals surface area contributed by atoms with Crippen LogP contribution in [0.4, 0.5) is 0 Å². The van der Waals surface area contributed by atoms with Crippen molar-refractivity contribution in [3.8, 4) is 11.5 Å². The van der Waals surface area contributed by atoms with Crippen molar-refractivity contribution in [1.82, 2.24) is 10.3 Å². The zero-order valence-corrected chi connectivity index (χ0v) is 14.8. The number of amides is 1. The first-order valence-corrected chi connectivity index (χ1v) is 8.36. The van der Waals surface area contributed by atoms with Crippen LogP contribution in [0.2, 0.25) is 0 Å². The maximum atomic E-state index is 12.0. The van der Waals surface area contributed by atoms with Gasteiger partial charge in [0.15, 0.2) is 22.5 Å². The number of aromatic amines is 2. The molecule has 0 saturated carbocycles. The van der Waals surface area contributed by atoms with Gasteiger partial charge < -0.3 is 14.8 Å². The van der Waals surface area contributed by atoms with Gasteiger partial charge in [-0.05, 0) is 35.9 Å². The van der Waals surface area contributed by atoms with Gasteiger partial charge in [0.25, 0.3) is 5.82 Å². The summed E-state index contributed by atoms with van der Waals surface area (Å²) in [6, 6.07) is 13.5. The van der Waals surface area contributed by atoms with Crippen molar-refractivity contribution in [3.63, 3.8) is 0 Å². The minimum Gasteiger partial charge on any atom is -0.493 e. The molecule has 3 rings (SSSR count). The monoisotopic (exact) mass is 352 g/mol. The van der Waals surface area contributed by atoms with E-state index in [-0.39, 0.29) is 5.91 Å². The second kappa shape index (κ2) is 8.20. The van der Waals surface area contributed by atoms with Crippen LogP contribution < -0.4 is 19.8 Å². The maximum absolute atomic E-state index is 12.0. The van der Waals surface area contributed by atoms with Gasteiger partial charge in [0.05, 0.1) is 20.6 Å². The molecule has 1 amide bonds. The first-order valence-electron chi connectivity index (χ1n) is 8.36. The van der Waals surface area contributed by atoms with Crippen LogP contribution in [-0.2, 0) is 11.2 Å². The van der Waals surface area contributed by atoms with Crippen LogP contribution in [0.25, 0.3) is 17.1 Å². The number of fused-ring (bicyclic) bond motifs is 1. The van der Waals surface area contributed by atoms with Crippen molar-refractivity contribution in [2.75, 3.05) is 20.8 Å². The normalized spacial score (nSPS) is 11.0. The van der Waals surface area contributed by atoms with Crippen LogP contribution >= 0.6 is 0 Å². The lowest BCUT2D eigenvalue weighted by molar-refractivity contribution is -0.357. The van der Waals surface area contributed by atoms with Crippen LogP contribution in [-0.4, -0.2) is 31.7 Å². The van der Waals surface area contributed by atoms with E-state index in [0.29, 0.717) is 24.5 Å². The van der Waals surface area contributed by atoms with Crippen LogP contribution in [0.1, 0.15) is 11.4 Å². The summed E-state index contributed by atoms with van der Waals surface area (Å²) in [5.41, 5.74) is 2.98. The Bertz CT molecular complexity index is 898. The molecule has 1 aromatic heterocycles. The molecule has 1 heterocycles. The number of H-pyrrole nitrogens is 2.